The van der Waals surface area contributed by atoms with Gasteiger partial charge in [-0.15, -0.1) is 0 Å². The zero-order valence-corrected chi connectivity index (χ0v) is 11.7. The van der Waals surface area contributed by atoms with E-state index >= 15 is 0 Å². The minimum absolute atomic E-state index is 0.336. The molecule has 2 aromatic rings. The second kappa shape index (κ2) is 4.52. The summed E-state index contributed by atoms with van der Waals surface area (Å²) in [7, 11) is 1.67. The Kier molecular flexibility index (Phi) is 3.20. The van der Waals surface area contributed by atoms with E-state index in [1.54, 1.807) is 13.2 Å². The molecule has 0 spiro atoms. The molecule has 0 unspecified atom stereocenters. The lowest BCUT2D eigenvalue weighted by Gasteiger charge is -2.17. The molecule has 0 fully saturated rings. The van der Waals surface area contributed by atoms with Crippen LogP contribution in [-0.2, 0) is 0 Å². The Morgan fingerprint density at radius 3 is 2.33 bits per heavy atom. The van der Waals surface area contributed by atoms with Crippen LogP contribution in [0.25, 0.3) is 10.8 Å². The fourth-order valence-corrected chi connectivity index (χ4v) is 2.53. The van der Waals surface area contributed by atoms with Crippen LogP contribution in [-0.4, -0.2) is 12.2 Å². The molecule has 0 bridgehead atoms. The van der Waals surface area contributed by atoms with Crippen molar-refractivity contribution in [3.63, 3.8) is 0 Å². The van der Waals surface area contributed by atoms with Crippen molar-refractivity contribution in [1.29, 1.82) is 0 Å². The molecule has 1 N–H and O–H groups in total. The van der Waals surface area contributed by atoms with Gasteiger partial charge in [-0.05, 0) is 48.4 Å². The van der Waals surface area contributed by atoms with E-state index in [9.17, 15) is 5.11 Å². The third-order valence-electron chi connectivity index (χ3n) is 3.45. The van der Waals surface area contributed by atoms with Gasteiger partial charge in [-0.1, -0.05) is 19.9 Å². The van der Waals surface area contributed by atoms with Gasteiger partial charge in [0.15, 0.2) is 0 Å². The predicted molar refractivity (Wildman–Crippen MR) is 75.7 cm³/mol. The highest BCUT2D eigenvalue weighted by atomic mass is 16.5. The lowest BCUT2D eigenvalue weighted by Crippen LogP contribution is -1.96. The number of benzene rings is 2. The molecule has 0 radical (unpaired) electrons. The van der Waals surface area contributed by atoms with E-state index in [0.717, 1.165) is 27.6 Å². The average Bonchev–Trinajstić information content (AvgIpc) is 2.27. The Balaban J connectivity index is 2.96. The highest BCUT2D eigenvalue weighted by molar-refractivity contribution is 5.96. The second-order valence-electron chi connectivity index (χ2n) is 5.15. The smallest absolute Gasteiger partial charge is 0.124 e. The van der Waals surface area contributed by atoms with Crippen molar-refractivity contribution in [3.8, 4) is 11.5 Å². The number of ether oxygens (including phenoxy) is 1. The first-order chi connectivity index (χ1) is 8.45. The zero-order valence-electron chi connectivity index (χ0n) is 11.7. The zero-order chi connectivity index (χ0) is 13.4. The van der Waals surface area contributed by atoms with Crippen LogP contribution in [0.5, 0.6) is 11.5 Å². The quantitative estimate of drug-likeness (QED) is 0.853. The maximum atomic E-state index is 10.2. The van der Waals surface area contributed by atoms with E-state index in [2.05, 4.69) is 26.0 Å². The summed E-state index contributed by atoms with van der Waals surface area (Å²) in [5, 5.41) is 12.2. The van der Waals surface area contributed by atoms with E-state index in [4.69, 9.17) is 4.74 Å². The molecular weight excluding hydrogens is 224 g/mol. The predicted octanol–water partition coefficient (Wildman–Crippen LogP) is 4.29. The van der Waals surface area contributed by atoms with Crippen molar-refractivity contribution in [2.45, 2.75) is 33.6 Å². The standard InChI is InChI=1S/C16H20O2/c1-9(2)12-8-15(18-5)11(4)16-13(12)6-10(3)7-14(16)17/h6-9,17H,1-5H3. The molecule has 0 aromatic heterocycles. The monoisotopic (exact) mass is 244 g/mol. The topological polar surface area (TPSA) is 29.5 Å². The molecule has 0 saturated carbocycles. The van der Waals surface area contributed by atoms with Crippen LogP contribution >= 0.6 is 0 Å². The van der Waals surface area contributed by atoms with Crippen LogP contribution in [0.15, 0.2) is 18.2 Å². The first-order valence-electron chi connectivity index (χ1n) is 6.26. The van der Waals surface area contributed by atoms with E-state index in [0.29, 0.717) is 11.7 Å². The van der Waals surface area contributed by atoms with Gasteiger partial charge in [0, 0.05) is 10.9 Å². The Morgan fingerprint density at radius 2 is 1.78 bits per heavy atom. The SMILES string of the molecule is COc1cc(C(C)C)c2cc(C)cc(O)c2c1C. The maximum Gasteiger partial charge on any atom is 0.124 e. The number of phenols is 1. The fourth-order valence-electron chi connectivity index (χ4n) is 2.53. The van der Waals surface area contributed by atoms with Crippen molar-refractivity contribution >= 4 is 10.8 Å². The van der Waals surface area contributed by atoms with E-state index in [1.165, 1.54) is 5.56 Å². The minimum Gasteiger partial charge on any atom is -0.507 e. The van der Waals surface area contributed by atoms with Crippen molar-refractivity contribution in [2.75, 3.05) is 7.11 Å². The molecule has 0 amide bonds. The van der Waals surface area contributed by atoms with Crippen LogP contribution in [0, 0.1) is 13.8 Å². The van der Waals surface area contributed by atoms with Crippen LogP contribution in [0.1, 0.15) is 36.5 Å². The van der Waals surface area contributed by atoms with Crippen LogP contribution in [0.4, 0.5) is 0 Å². The largest absolute Gasteiger partial charge is 0.507 e. The van der Waals surface area contributed by atoms with Gasteiger partial charge in [-0.2, -0.15) is 0 Å². The van der Waals surface area contributed by atoms with Gasteiger partial charge < -0.3 is 9.84 Å². The lowest BCUT2D eigenvalue weighted by molar-refractivity contribution is 0.411. The van der Waals surface area contributed by atoms with Crippen LogP contribution < -0.4 is 4.74 Å². The Hall–Kier alpha value is -1.70. The Morgan fingerprint density at radius 1 is 1.11 bits per heavy atom. The first-order valence-corrected chi connectivity index (χ1v) is 6.26. The molecule has 0 saturated heterocycles. The summed E-state index contributed by atoms with van der Waals surface area (Å²) in [6.45, 7) is 8.30. The molecule has 0 aliphatic carbocycles. The molecule has 0 aliphatic rings. The number of hydrogen-bond acceptors (Lipinski definition) is 2. The minimum atomic E-state index is 0.336. The van der Waals surface area contributed by atoms with E-state index in [-0.39, 0.29) is 0 Å². The summed E-state index contributed by atoms with van der Waals surface area (Å²) in [6, 6.07) is 6.02. The van der Waals surface area contributed by atoms with Crippen molar-refractivity contribution in [2.24, 2.45) is 0 Å². The molecule has 2 nitrogen and oxygen atoms in total. The molecule has 0 heterocycles. The Labute approximate surface area is 108 Å². The van der Waals surface area contributed by atoms with E-state index in [1.807, 2.05) is 13.8 Å². The molecule has 2 rings (SSSR count). The summed E-state index contributed by atoms with van der Waals surface area (Å²) >= 11 is 0. The maximum absolute atomic E-state index is 10.2. The number of aromatic hydroxyl groups is 1. The number of rotatable bonds is 2. The summed E-state index contributed by atoms with van der Waals surface area (Å²) in [6.07, 6.45) is 0. The molecular formula is C16H20O2. The van der Waals surface area contributed by atoms with Gasteiger partial charge in [0.1, 0.15) is 11.5 Å². The second-order valence-corrected chi connectivity index (χ2v) is 5.15. The molecule has 18 heavy (non-hydrogen) atoms. The van der Waals surface area contributed by atoms with Crippen LogP contribution in [0.2, 0.25) is 0 Å². The molecule has 0 atom stereocenters. The summed E-state index contributed by atoms with van der Waals surface area (Å²) in [5.41, 5.74) is 3.28. The van der Waals surface area contributed by atoms with Gasteiger partial charge in [0.05, 0.1) is 7.11 Å². The van der Waals surface area contributed by atoms with Gasteiger partial charge >= 0.3 is 0 Å². The average molecular weight is 244 g/mol. The normalized spacial score (nSPS) is 11.2. The van der Waals surface area contributed by atoms with Crippen molar-refractivity contribution < 1.29 is 9.84 Å². The molecule has 2 aromatic carbocycles. The lowest BCUT2D eigenvalue weighted by atomic mass is 9.91. The highest BCUT2D eigenvalue weighted by Crippen LogP contribution is 2.39. The summed E-state index contributed by atoms with van der Waals surface area (Å²) in [4.78, 5) is 0. The molecule has 2 heteroatoms. The van der Waals surface area contributed by atoms with Gasteiger partial charge in [-0.25, -0.2) is 0 Å². The van der Waals surface area contributed by atoms with Gasteiger partial charge in [-0.3, -0.25) is 0 Å². The number of phenolic OH excluding ortho intramolecular Hbond substituents is 1. The number of hydrogen-bond donors (Lipinski definition) is 1. The third kappa shape index (κ3) is 1.92. The van der Waals surface area contributed by atoms with Gasteiger partial charge in [0.2, 0.25) is 0 Å². The Bertz CT molecular complexity index is 598. The summed E-state index contributed by atoms with van der Waals surface area (Å²) in [5.74, 6) is 1.57. The van der Waals surface area contributed by atoms with E-state index < -0.39 is 0 Å². The number of fused-ring (bicyclic) bond motifs is 1. The van der Waals surface area contributed by atoms with Crippen molar-refractivity contribution in [1.82, 2.24) is 0 Å². The summed E-state index contributed by atoms with van der Waals surface area (Å²) < 4.78 is 5.42. The highest BCUT2D eigenvalue weighted by Gasteiger charge is 2.15. The van der Waals surface area contributed by atoms with Crippen molar-refractivity contribution in [3.05, 3.63) is 34.9 Å². The van der Waals surface area contributed by atoms with Crippen LogP contribution in [0.3, 0.4) is 0 Å². The number of methoxy groups -OCH3 is 1. The molecule has 96 valence electrons. The fraction of sp³-hybridized carbons (Fsp3) is 0.375. The van der Waals surface area contributed by atoms with Gasteiger partial charge in [0.25, 0.3) is 0 Å². The number of aryl methyl sites for hydroxylation is 2. The third-order valence-corrected chi connectivity index (χ3v) is 3.45. The molecule has 0 aliphatic heterocycles. The first kappa shape index (κ1) is 12.7.